The number of rotatable bonds is 4. The minimum atomic E-state index is 0.261. The van der Waals surface area contributed by atoms with E-state index in [1.165, 1.54) is 0 Å². The summed E-state index contributed by atoms with van der Waals surface area (Å²) in [5, 5.41) is 0.875. The van der Waals surface area contributed by atoms with E-state index in [0.29, 0.717) is 5.91 Å². The summed E-state index contributed by atoms with van der Waals surface area (Å²) >= 11 is 3.36. The Morgan fingerprint density at radius 3 is 2.46 bits per heavy atom. The topological polar surface area (TPSA) is 20.3 Å². The average Bonchev–Trinajstić information content (AvgIpc) is 2.70. The van der Waals surface area contributed by atoms with Gasteiger partial charge in [-0.2, -0.15) is 0 Å². The van der Waals surface area contributed by atoms with Crippen LogP contribution in [0.5, 0.6) is 0 Å². The number of halogens is 1. The second kappa shape index (κ2) is 3.99. The van der Waals surface area contributed by atoms with Crippen LogP contribution in [0.4, 0.5) is 0 Å². The summed E-state index contributed by atoms with van der Waals surface area (Å²) in [6, 6.07) is 0. The molecule has 1 saturated carbocycles. The van der Waals surface area contributed by atoms with E-state index in [1.807, 2.05) is 11.8 Å². The summed E-state index contributed by atoms with van der Waals surface area (Å²) in [4.78, 5) is 13.8. The molecular formula is C10H18BrNO. The van der Waals surface area contributed by atoms with Crippen molar-refractivity contribution in [1.29, 1.82) is 0 Å². The van der Waals surface area contributed by atoms with E-state index in [0.717, 1.165) is 24.8 Å². The van der Waals surface area contributed by atoms with Gasteiger partial charge < -0.3 is 4.90 Å². The minimum Gasteiger partial charge on any atom is -0.342 e. The molecule has 3 heteroatoms. The zero-order chi connectivity index (χ0) is 10.1. The van der Waals surface area contributed by atoms with Gasteiger partial charge in [0.1, 0.15) is 0 Å². The normalized spacial score (nSPS) is 24.2. The van der Waals surface area contributed by atoms with Crippen LogP contribution in [0.3, 0.4) is 0 Å². The van der Waals surface area contributed by atoms with E-state index in [-0.39, 0.29) is 11.3 Å². The smallest absolute Gasteiger partial charge is 0.226 e. The van der Waals surface area contributed by atoms with E-state index in [2.05, 4.69) is 29.8 Å². The van der Waals surface area contributed by atoms with Gasteiger partial charge >= 0.3 is 0 Å². The second-order valence-corrected chi connectivity index (χ2v) is 5.15. The van der Waals surface area contributed by atoms with Crippen molar-refractivity contribution in [2.45, 2.75) is 27.2 Å². The number of hydrogen-bond donors (Lipinski definition) is 0. The molecule has 0 aliphatic heterocycles. The third kappa shape index (κ3) is 2.46. The maximum Gasteiger partial charge on any atom is 0.226 e. The van der Waals surface area contributed by atoms with E-state index >= 15 is 0 Å². The van der Waals surface area contributed by atoms with Crippen LogP contribution in [0.2, 0.25) is 0 Å². The predicted molar refractivity (Wildman–Crippen MR) is 57.9 cm³/mol. The van der Waals surface area contributed by atoms with Crippen LogP contribution in [0, 0.1) is 11.3 Å². The Bertz CT molecular complexity index is 203. The van der Waals surface area contributed by atoms with Crippen molar-refractivity contribution < 1.29 is 4.79 Å². The van der Waals surface area contributed by atoms with Gasteiger partial charge in [-0.1, -0.05) is 29.8 Å². The first-order valence-electron chi connectivity index (χ1n) is 4.87. The van der Waals surface area contributed by atoms with Crippen molar-refractivity contribution >= 4 is 21.8 Å². The number of carbonyl (C=O) groups excluding carboxylic acids is 1. The highest BCUT2D eigenvalue weighted by atomic mass is 79.9. The van der Waals surface area contributed by atoms with E-state index < -0.39 is 0 Å². The van der Waals surface area contributed by atoms with Gasteiger partial charge in [0.25, 0.3) is 0 Å². The first-order chi connectivity index (χ1) is 6.03. The van der Waals surface area contributed by atoms with Gasteiger partial charge in [-0.3, -0.25) is 4.79 Å². The SMILES string of the molecule is CCN(CCBr)C(=O)C1CC1(C)C. The first-order valence-corrected chi connectivity index (χ1v) is 6.00. The molecular weight excluding hydrogens is 230 g/mol. The van der Waals surface area contributed by atoms with Gasteiger partial charge in [0.2, 0.25) is 5.91 Å². The lowest BCUT2D eigenvalue weighted by Gasteiger charge is -2.20. The minimum absolute atomic E-state index is 0.261. The van der Waals surface area contributed by atoms with Crippen molar-refractivity contribution in [3.63, 3.8) is 0 Å². The highest BCUT2D eigenvalue weighted by molar-refractivity contribution is 9.09. The fraction of sp³-hybridized carbons (Fsp3) is 0.900. The molecule has 1 atom stereocenters. The van der Waals surface area contributed by atoms with E-state index in [4.69, 9.17) is 0 Å². The van der Waals surface area contributed by atoms with Crippen molar-refractivity contribution in [2.24, 2.45) is 11.3 Å². The van der Waals surface area contributed by atoms with Crippen LogP contribution in [0.15, 0.2) is 0 Å². The maximum absolute atomic E-state index is 11.8. The second-order valence-electron chi connectivity index (χ2n) is 4.35. The number of carbonyl (C=O) groups is 1. The third-order valence-corrected chi connectivity index (χ3v) is 3.21. The number of amides is 1. The molecule has 0 saturated heterocycles. The van der Waals surface area contributed by atoms with Crippen molar-refractivity contribution in [2.75, 3.05) is 18.4 Å². The maximum atomic E-state index is 11.8. The number of hydrogen-bond acceptors (Lipinski definition) is 1. The Morgan fingerprint density at radius 2 is 2.15 bits per heavy atom. The third-order valence-electron chi connectivity index (χ3n) is 2.86. The summed E-state index contributed by atoms with van der Waals surface area (Å²) in [7, 11) is 0. The standard InChI is InChI=1S/C10H18BrNO/c1-4-12(6-5-11)9(13)8-7-10(8,2)3/h8H,4-7H2,1-3H3. The Morgan fingerprint density at radius 1 is 1.62 bits per heavy atom. The molecule has 0 heterocycles. The van der Waals surface area contributed by atoms with Crippen LogP contribution in [0.1, 0.15) is 27.2 Å². The zero-order valence-electron chi connectivity index (χ0n) is 8.64. The van der Waals surface area contributed by atoms with Crippen LogP contribution in [-0.2, 0) is 4.79 Å². The van der Waals surface area contributed by atoms with Gasteiger partial charge in [0, 0.05) is 24.3 Å². The van der Waals surface area contributed by atoms with Crippen LogP contribution in [0.25, 0.3) is 0 Å². The Kier molecular flexibility index (Phi) is 3.38. The Hall–Kier alpha value is -0.0500. The molecule has 13 heavy (non-hydrogen) atoms. The summed E-state index contributed by atoms with van der Waals surface area (Å²) in [5.74, 6) is 0.624. The first kappa shape index (κ1) is 11.0. The lowest BCUT2D eigenvalue weighted by molar-refractivity contribution is -0.132. The van der Waals surface area contributed by atoms with Crippen LogP contribution in [-0.4, -0.2) is 29.2 Å². The molecule has 76 valence electrons. The molecule has 0 aromatic carbocycles. The lowest BCUT2D eigenvalue weighted by atomic mass is 10.1. The summed E-state index contributed by atoms with van der Waals surface area (Å²) in [6.07, 6.45) is 1.06. The molecule has 0 bridgehead atoms. The fourth-order valence-corrected chi connectivity index (χ4v) is 2.06. The average molecular weight is 248 g/mol. The van der Waals surface area contributed by atoms with Crippen molar-refractivity contribution in [1.82, 2.24) is 4.90 Å². The molecule has 0 spiro atoms. The molecule has 1 aliphatic carbocycles. The Labute approximate surface area is 88.8 Å². The van der Waals surface area contributed by atoms with E-state index in [1.54, 1.807) is 0 Å². The quantitative estimate of drug-likeness (QED) is 0.699. The van der Waals surface area contributed by atoms with E-state index in [9.17, 15) is 4.79 Å². The molecule has 0 aromatic rings. The summed E-state index contributed by atoms with van der Waals surface area (Å²) < 4.78 is 0. The Balaban J connectivity index is 2.46. The van der Waals surface area contributed by atoms with Crippen molar-refractivity contribution in [3.8, 4) is 0 Å². The lowest BCUT2D eigenvalue weighted by Crippen LogP contribution is -2.34. The van der Waals surface area contributed by atoms with Gasteiger partial charge in [0.15, 0.2) is 0 Å². The van der Waals surface area contributed by atoms with Gasteiger partial charge in [-0.15, -0.1) is 0 Å². The van der Waals surface area contributed by atoms with Gasteiger partial charge in [0.05, 0.1) is 0 Å². The molecule has 1 rings (SSSR count). The molecule has 0 N–H and O–H groups in total. The van der Waals surface area contributed by atoms with Crippen LogP contribution < -0.4 is 0 Å². The highest BCUT2D eigenvalue weighted by Crippen LogP contribution is 2.52. The zero-order valence-corrected chi connectivity index (χ0v) is 10.2. The van der Waals surface area contributed by atoms with Crippen LogP contribution >= 0.6 is 15.9 Å². The molecule has 1 unspecified atom stereocenters. The molecule has 2 nitrogen and oxygen atoms in total. The van der Waals surface area contributed by atoms with Gasteiger partial charge in [-0.05, 0) is 18.8 Å². The number of alkyl halides is 1. The van der Waals surface area contributed by atoms with Gasteiger partial charge in [-0.25, -0.2) is 0 Å². The molecule has 1 fully saturated rings. The monoisotopic (exact) mass is 247 g/mol. The molecule has 1 aliphatic rings. The molecule has 1 amide bonds. The summed E-state index contributed by atoms with van der Waals surface area (Å²) in [5.41, 5.74) is 0.261. The largest absolute Gasteiger partial charge is 0.342 e. The predicted octanol–water partition coefficient (Wildman–Crippen LogP) is 2.28. The fourth-order valence-electron chi connectivity index (χ4n) is 1.64. The summed E-state index contributed by atoms with van der Waals surface area (Å²) in [6.45, 7) is 8.03. The molecule has 0 radical (unpaired) electrons. The molecule has 0 aromatic heterocycles. The number of nitrogens with zero attached hydrogens (tertiary/aromatic N) is 1. The van der Waals surface area contributed by atoms with Crippen molar-refractivity contribution in [3.05, 3.63) is 0 Å². The highest BCUT2D eigenvalue weighted by Gasteiger charge is 2.51.